The highest BCUT2D eigenvalue weighted by molar-refractivity contribution is 6.43. The Morgan fingerprint density at radius 3 is 2.41 bits per heavy atom. The number of rotatable bonds is 11. The molecule has 8 N–H and O–H groups in total. The van der Waals surface area contributed by atoms with E-state index >= 15 is 0 Å². The van der Waals surface area contributed by atoms with Gasteiger partial charge in [-0.3, -0.25) is 14.6 Å². The summed E-state index contributed by atoms with van der Waals surface area (Å²) in [5.74, 6) is -1.84. The summed E-state index contributed by atoms with van der Waals surface area (Å²) >= 11 is 0. The molecule has 170 valence electrons. The maximum atomic E-state index is 13.0. The summed E-state index contributed by atoms with van der Waals surface area (Å²) in [6.45, 7) is 0.0423. The van der Waals surface area contributed by atoms with Gasteiger partial charge in [0.2, 0.25) is 5.91 Å². The van der Waals surface area contributed by atoms with Crippen molar-refractivity contribution >= 4 is 36.3 Å². The van der Waals surface area contributed by atoms with Crippen molar-refractivity contribution in [2.45, 2.75) is 18.8 Å². The number of amides is 2. The highest BCUT2D eigenvalue weighted by atomic mass is 16.4. The van der Waals surface area contributed by atoms with Gasteiger partial charge in [0.15, 0.2) is 5.96 Å². The van der Waals surface area contributed by atoms with Gasteiger partial charge in [0.25, 0.3) is 5.91 Å². The predicted molar refractivity (Wildman–Crippen MR) is 125 cm³/mol. The zero-order valence-corrected chi connectivity index (χ0v) is 17.9. The molecule has 0 heterocycles. The van der Waals surface area contributed by atoms with Gasteiger partial charge in [-0.25, -0.2) is 0 Å². The van der Waals surface area contributed by atoms with Crippen LogP contribution in [-0.4, -0.2) is 65.9 Å². The van der Waals surface area contributed by atoms with Crippen molar-refractivity contribution in [2.24, 2.45) is 16.5 Å². The Hall–Kier alpha value is -3.57. The van der Waals surface area contributed by atoms with E-state index in [9.17, 15) is 19.6 Å². The van der Waals surface area contributed by atoms with E-state index in [2.05, 4.69) is 15.6 Å². The molecule has 10 nitrogen and oxygen atoms in total. The highest BCUT2D eigenvalue weighted by Crippen LogP contribution is 2.21. The second kappa shape index (κ2) is 12.3. The van der Waals surface area contributed by atoms with Crippen molar-refractivity contribution in [3.05, 3.63) is 60.2 Å². The Morgan fingerprint density at radius 2 is 1.75 bits per heavy atom. The van der Waals surface area contributed by atoms with Crippen molar-refractivity contribution in [1.29, 1.82) is 0 Å². The van der Waals surface area contributed by atoms with Crippen molar-refractivity contribution in [3.8, 4) is 0 Å². The zero-order chi connectivity index (χ0) is 23.5. The van der Waals surface area contributed by atoms with Crippen LogP contribution in [0.4, 0.5) is 11.4 Å². The highest BCUT2D eigenvalue weighted by Gasteiger charge is 2.26. The number of nitrogens with one attached hydrogen (secondary N) is 2. The van der Waals surface area contributed by atoms with E-state index < -0.39 is 19.0 Å². The molecule has 1 unspecified atom stereocenters. The van der Waals surface area contributed by atoms with Gasteiger partial charge >= 0.3 is 7.12 Å². The van der Waals surface area contributed by atoms with Crippen molar-refractivity contribution in [2.75, 3.05) is 25.5 Å². The second-order valence-corrected chi connectivity index (χ2v) is 7.23. The molecule has 1 atom stereocenters. The fourth-order valence-corrected chi connectivity index (χ4v) is 3.02. The molecular weight excluding hydrogens is 411 g/mol. The number of hydrogen-bond acceptors (Lipinski definition) is 6. The van der Waals surface area contributed by atoms with Crippen LogP contribution in [0.5, 0.6) is 0 Å². The minimum absolute atomic E-state index is 0.0581. The average Bonchev–Trinajstić information content (AvgIpc) is 2.76. The SMILES string of the molecule is CN(CC(=O)NC(CCCN=C(N)N)B(O)O)C(=O)c1ccccc1Nc1ccccc1. The summed E-state index contributed by atoms with van der Waals surface area (Å²) in [6.07, 6.45) is 0.690. The van der Waals surface area contributed by atoms with Crippen LogP contribution in [-0.2, 0) is 4.79 Å². The van der Waals surface area contributed by atoms with Crippen molar-refractivity contribution in [3.63, 3.8) is 0 Å². The first-order chi connectivity index (χ1) is 15.3. The minimum atomic E-state index is -1.75. The van der Waals surface area contributed by atoms with E-state index in [1.807, 2.05) is 36.4 Å². The molecule has 0 radical (unpaired) electrons. The van der Waals surface area contributed by atoms with Crippen LogP contribution < -0.4 is 22.1 Å². The van der Waals surface area contributed by atoms with Crippen LogP contribution in [0.25, 0.3) is 0 Å². The molecular formula is C21H29BN6O4. The minimum Gasteiger partial charge on any atom is -0.426 e. The third-order valence-electron chi connectivity index (χ3n) is 4.61. The van der Waals surface area contributed by atoms with E-state index in [-0.39, 0.29) is 24.8 Å². The monoisotopic (exact) mass is 440 g/mol. The molecule has 11 heteroatoms. The van der Waals surface area contributed by atoms with E-state index in [1.165, 1.54) is 11.9 Å². The number of likely N-dealkylation sites (N-methyl/N-ethyl adjacent to an activating group) is 1. The largest absolute Gasteiger partial charge is 0.475 e. The van der Waals surface area contributed by atoms with Gasteiger partial charge in [-0.2, -0.15) is 0 Å². The Bertz CT molecular complexity index is 922. The Morgan fingerprint density at radius 1 is 1.09 bits per heavy atom. The Kier molecular flexibility index (Phi) is 9.52. The number of carbonyl (C=O) groups is 2. The summed E-state index contributed by atoms with van der Waals surface area (Å²) in [7, 11) is -0.250. The first-order valence-corrected chi connectivity index (χ1v) is 10.2. The Labute approximate surface area is 187 Å². The first-order valence-electron chi connectivity index (χ1n) is 10.2. The van der Waals surface area contributed by atoms with E-state index in [4.69, 9.17) is 11.5 Å². The van der Waals surface area contributed by atoms with Gasteiger partial charge in [0.05, 0.1) is 23.7 Å². The van der Waals surface area contributed by atoms with Crippen LogP contribution in [0.1, 0.15) is 23.2 Å². The van der Waals surface area contributed by atoms with Crippen molar-refractivity contribution < 1.29 is 19.6 Å². The van der Waals surface area contributed by atoms with Gasteiger partial charge in [0, 0.05) is 19.3 Å². The molecule has 0 aliphatic rings. The lowest BCUT2D eigenvalue weighted by atomic mass is 9.76. The number of guanidine groups is 1. The quantitative estimate of drug-likeness (QED) is 0.124. The van der Waals surface area contributed by atoms with E-state index in [0.29, 0.717) is 24.2 Å². The zero-order valence-electron chi connectivity index (χ0n) is 17.9. The number of nitrogens with two attached hydrogens (primary N) is 2. The average molecular weight is 440 g/mol. The maximum absolute atomic E-state index is 13.0. The van der Waals surface area contributed by atoms with Gasteiger partial charge in [0.1, 0.15) is 0 Å². The molecule has 2 rings (SSSR count). The molecule has 0 aromatic heterocycles. The lowest BCUT2D eigenvalue weighted by Crippen LogP contribution is -2.49. The number of carbonyl (C=O) groups excluding carboxylic acids is 2. The summed E-state index contributed by atoms with van der Waals surface area (Å²) in [6, 6.07) is 16.4. The fourth-order valence-electron chi connectivity index (χ4n) is 3.02. The number of nitrogens with zero attached hydrogens (tertiary/aromatic N) is 2. The molecule has 2 aromatic carbocycles. The van der Waals surface area contributed by atoms with Crippen molar-refractivity contribution in [1.82, 2.24) is 10.2 Å². The topological polar surface area (TPSA) is 166 Å². The lowest BCUT2D eigenvalue weighted by Gasteiger charge is -2.22. The van der Waals surface area contributed by atoms with Crippen LogP contribution in [0.15, 0.2) is 59.6 Å². The summed E-state index contributed by atoms with van der Waals surface area (Å²) < 4.78 is 0. The molecule has 2 aromatic rings. The number of hydrogen-bond donors (Lipinski definition) is 6. The van der Waals surface area contributed by atoms with Crippen LogP contribution in [0.3, 0.4) is 0 Å². The molecule has 0 aliphatic carbocycles. The number of anilines is 2. The number of benzene rings is 2. The molecule has 0 saturated heterocycles. The molecule has 0 spiro atoms. The van der Waals surface area contributed by atoms with E-state index in [1.54, 1.807) is 18.2 Å². The standard InChI is InChI=1S/C21H29BN6O4/c1-28(14-19(29)27-18(22(31)32)12-7-13-25-21(23)24)20(30)16-10-5-6-11-17(16)26-15-8-3-2-4-9-15/h2-6,8-11,18,26,31-32H,7,12-14H2,1H3,(H,27,29)(H4,23,24,25). The van der Waals surface area contributed by atoms with Gasteiger partial charge in [-0.1, -0.05) is 30.3 Å². The second-order valence-electron chi connectivity index (χ2n) is 7.23. The van der Waals surface area contributed by atoms with Gasteiger partial charge in [-0.15, -0.1) is 0 Å². The molecule has 0 saturated carbocycles. The maximum Gasteiger partial charge on any atom is 0.475 e. The third kappa shape index (κ3) is 7.93. The third-order valence-corrected chi connectivity index (χ3v) is 4.61. The summed E-state index contributed by atoms with van der Waals surface area (Å²) in [5, 5.41) is 24.8. The molecule has 0 bridgehead atoms. The molecule has 0 aliphatic heterocycles. The number of aliphatic imine (C=N–C) groups is 1. The van der Waals surface area contributed by atoms with Gasteiger partial charge in [-0.05, 0) is 37.1 Å². The number of para-hydroxylation sites is 2. The van der Waals surface area contributed by atoms with E-state index in [0.717, 1.165) is 5.69 Å². The summed E-state index contributed by atoms with van der Waals surface area (Å²) in [4.78, 5) is 30.4. The van der Waals surface area contributed by atoms with Crippen LogP contribution in [0.2, 0.25) is 0 Å². The summed E-state index contributed by atoms with van der Waals surface area (Å²) in [5.41, 5.74) is 12.3. The molecule has 2 amide bonds. The lowest BCUT2D eigenvalue weighted by molar-refractivity contribution is -0.122. The van der Waals surface area contributed by atoms with Gasteiger partial charge < -0.3 is 37.0 Å². The smallest absolute Gasteiger partial charge is 0.426 e. The fraction of sp³-hybridized carbons (Fsp3) is 0.286. The van der Waals surface area contributed by atoms with Crippen LogP contribution in [0, 0.1) is 0 Å². The first kappa shape index (κ1) is 24.7. The van der Waals surface area contributed by atoms with Crippen LogP contribution >= 0.6 is 0 Å². The molecule has 0 fully saturated rings. The molecule has 32 heavy (non-hydrogen) atoms. The Balaban J connectivity index is 1.98. The normalized spacial score (nSPS) is 11.2. The predicted octanol–water partition coefficient (Wildman–Crippen LogP) is 0.0526.